The van der Waals surface area contributed by atoms with Crippen LogP contribution in [-0.2, 0) is 0 Å². The van der Waals surface area contributed by atoms with Crippen molar-refractivity contribution >= 4 is 5.69 Å². The third-order valence-electron chi connectivity index (χ3n) is 6.12. The number of anilines is 1. The lowest BCUT2D eigenvalue weighted by Gasteiger charge is -2.35. The molecule has 0 saturated carbocycles. The Kier molecular flexibility index (Phi) is 4.86. The molecule has 0 aliphatic carbocycles. The van der Waals surface area contributed by atoms with Gasteiger partial charge in [-0.2, -0.15) is 0 Å². The summed E-state index contributed by atoms with van der Waals surface area (Å²) in [5, 5.41) is 13.3. The number of aromatic hydroxyl groups is 1. The molecule has 2 heterocycles. The van der Waals surface area contributed by atoms with Gasteiger partial charge in [-0.3, -0.25) is 0 Å². The summed E-state index contributed by atoms with van der Waals surface area (Å²) in [7, 11) is 0. The lowest BCUT2D eigenvalue weighted by Crippen LogP contribution is -2.43. The quantitative estimate of drug-likeness (QED) is 0.711. The summed E-state index contributed by atoms with van der Waals surface area (Å²) in [5.74, 6) is 1.46. The van der Waals surface area contributed by atoms with Gasteiger partial charge in [0.1, 0.15) is 11.5 Å². The molecule has 4 heteroatoms. The number of rotatable bonds is 3. The van der Waals surface area contributed by atoms with Crippen molar-refractivity contribution in [2.75, 3.05) is 37.7 Å². The maximum absolute atomic E-state index is 9.92. The number of phenolic OH excluding ortho intramolecular Hbond substituents is 1. The Morgan fingerprint density at radius 3 is 2.38 bits per heavy atom. The Labute approximate surface area is 171 Å². The molecule has 2 unspecified atom stereocenters. The van der Waals surface area contributed by atoms with E-state index in [0.717, 1.165) is 37.5 Å². The number of hydrogen-bond acceptors (Lipinski definition) is 4. The van der Waals surface area contributed by atoms with Gasteiger partial charge in [0.25, 0.3) is 0 Å². The lowest BCUT2D eigenvalue weighted by molar-refractivity contribution is 0.248. The number of ether oxygens (including phenoxy) is 1. The van der Waals surface area contributed by atoms with Crippen molar-refractivity contribution in [1.29, 1.82) is 0 Å². The van der Waals surface area contributed by atoms with Crippen molar-refractivity contribution in [2.45, 2.75) is 11.8 Å². The van der Waals surface area contributed by atoms with Gasteiger partial charge in [0, 0.05) is 55.3 Å². The van der Waals surface area contributed by atoms with Crippen molar-refractivity contribution < 1.29 is 9.84 Å². The third kappa shape index (κ3) is 3.56. The molecule has 0 amide bonds. The molecule has 2 N–H and O–H groups in total. The van der Waals surface area contributed by atoms with Crippen LogP contribution in [0.4, 0.5) is 5.69 Å². The monoisotopic (exact) mass is 386 g/mol. The van der Waals surface area contributed by atoms with Crippen LogP contribution in [0.5, 0.6) is 11.5 Å². The SMILES string of the molecule is Oc1ccc2c(c1)OCC(c1ccccc1)C2c1ccc(N2CCNCC2)cc1. The maximum Gasteiger partial charge on any atom is 0.126 e. The maximum atomic E-state index is 9.92. The Hall–Kier alpha value is -2.98. The summed E-state index contributed by atoms with van der Waals surface area (Å²) in [4.78, 5) is 2.44. The van der Waals surface area contributed by atoms with Gasteiger partial charge in [-0.1, -0.05) is 48.5 Å². The summed E-state index contributed by atoms with van der Waals surface area (Å²) in [6.45, 7) is 4.77. The van der Waals surface area contributed by atoms with Crippen molar-refractivity contribution in [2.24, 2.45) is 0 Å². The zero-order valence-corrected chi connectivity index (χ0v) is 16.4. The Balaban J connectivity index is 1.53. The van der Waals surface area contributed by atoms with E-state index in [0.29, 0.717) is 6.61 Å². The highest BCUT2D eigenvalue weighted by Crippen LogP contribution is 2.47. The standard InChI is InChI=1S/C25H26N2O2/c28-21-10-11-22-24(16-21)29-17-23(18-4-2-1-3-5-18)25(22)19-6-8-20(9-7-19)27-14-12-26-13-15-27/h1-11,16,23,25-26,28H,12-15,17H2. The van der Waals surface area contributed by atoms with E-state index in [9.17, 15) is 5.11 Å². The van der Waals surface area contributed by atoms with Gasteiger partial charge >= 0.3 is 0 Å². The largest absolute Gasteiger partial charge is 0.508 e. The zero-order chi connectivity index (χ0) is 19.6. The molecule has 2 aliphatic rings. The molecule has 5 rings (SSSR count). The molecule has 4 nitrogen and oxygen atoms in total. The zero-order valence-electron chi connectivity index (χ0n) is 16.4. The topological polar surface area (TPSA) is 44.7 Å². The molecule has 0 aromatic heterocycles. The van der Waals surface area contributed by atoms with Crippen LogP contribution in [0.15, 0.2) is 72.8 Å². The summed E-state index contributed by atoms with van der Waals surface area (Å²) >= 11 is 0. The number of phenols is 1. The molecule has 3 aromatic rings. The molecule has 29 heavy (non-hydrogen) atoms. The highest BCUT2D eigenvalue weighted by molar-refractivity contribution is 5.54. The molecular formula is C25H26N2O2. The Morgan fingerprint density at radius 1 is 0.862 bits per heavy atom. The van der Waals surface area contributed by atoms with Gasteiger partial charge in [0.2, 0.25) is 0 Å². The van der Waals surface area contributed by atoms with E-state index >= 15 is 0 Å². The van der Waals surface area contributed by atoms with E-state index in [-0.39, 0.29) is 17.6 Å². The van der Waals surface area contributed by atoms with E-state index in [1.54, 1.807) is 12.1 Å². The molecule has 0 bridgehead atoms. The smallest absolute Gasteiger partial charge is 0.126 e. The third-order valence-corrected chi connectivity index (χ3v) is 6.12. The van der Waals surface area contributed by atoms with E-state index in [4.69, 9.17) is 4.74 Å². The molecule has 2 atom stereocenters. The van der Waals surface area contributed by atoms with E-state index in [1.165, 1.54) is 16.8 Å². The molecule has 0 spiro atoms. The average Bonchev–Trinajstić information content (AvgIpc) is 2.79. The molecular weight excluding hydrogens is 360 g/mol. The van der Waals surface area contributed by atoms with Crippen molar-refractivity contribution in [1.82, 2.24) is 5.32 Å². The van der Waals surface area contributed by atoms with Crippen LogP contribution < -0.4 is 15.0 Å². The van der Waals surface area contributed by atoms with Crippen molar-refractivity contribution in [3.05, 3.63) is 89.5 Å². The minimum Gasteiger partial charge on any atom is -0.508 e. The molecule has 1 saturated heterocycles. The summed E-state index contributed by atoms with van der Waals surface area (Å²) in [6, 6.07) is 25.1. The van der Waals surface area contributed by atoms with Crippen LogP contribution in [0, 0.1) is 0 Å². The van der Waals surface area contributed by atoms with Crippen molar-refractivity contribution in [3.63, 3.8) is 0 Å². The summed E-state index contributed by atoms with van der Waals surface area (Å²) in [6.07, 6.45) is 0. The van der Waals surface area contributed by atoms with Crippen LogP contribution in [-0.4, -0.2) is 37.9 Å². The number of hydrogen-bond donors (Lipinski definition) is 2. The van der Waals surface area contributed by atoms with Crippen LogP contribution in [0.3, 0.4) is 0 Å². The number of benzene rings is 3. The number of piperazine rings is 1. The van der Waals surface area contributed by atoms with E-state index in [2.05, 4.69) is 64.8 Å². The number of nitrogens with zero attached hydrogens (tertiary/aromatic N) is 1. The van der Waals surface area contributed by atoms with E-state index < -0.39 is 0 Å². The molecule has 2 aliphatic heterocycles. The predicted octanol–water partition coefficient (Wildman–Crippen LogP) is 4.11. The van der Waals surface area contributed by atoms with Crippen LogP contribution in [0.2, 0.25) is 0 Å². The first-order chi connectivity index (χ1) is 14.3. The van der Waals surface area contributed by atoms with Crippen LogP contribution in [0.1, 0.15) is 28.5 Å². The summed E-state index contributed by atoms with van der Waals surface area (Å²) < 4.78 is 6.07. The van der Waals surface area contributed by atoms with Crippen LogP contribution in [0.25, 0.3) is 0 Å². The van der Waals surface area contributed by atoms with Gasteiger partial charge in [0.15, 0.2) is 0 Å². The van der Waals surface area contributed by atoms with Crippen molar-refractivity contribution in [3.8, 4) is 11.5 Å². The highest BCUT2D eigenvalue weighted by atomic mass is 16.5. The highest BCUT2D eigenvalue weighted by Gasteiger charge is 2.33. The molecule has 148 valence electrons. The normalized spacial score (nSPS) is 21.3. The fraction of sp³-hybridized carbons (Fsp3) is 0.280. The average molecular weight is 386 g/mol. The molecule has 3 aromatic carbocycles. The first-order valence-corrected chi connectivity index (χ1v) is 10.4. The van der Waals surface area contributed by atoms with Crippen LogP contribution >= 0.6 is 0 Å². The molecule has 0 radical (unpaired) electrons. The second-order valence-corrected chi connectivity index (χ2v) is 7.86. The first-order valence-electron chi connectivity index (χ1n) is 10.4. The Morgan fingerprint density at radius 2 is 1.62 bits per heavy atom. The number of nitrogens with one attached hydrogen (secondary N) is 1. The lowest BCUT2D eigenvalue weighted by atomic mass is 9.76. The Bertz CT molecular complexity index is 966. The fourth-order valence-electron chi connectivity index (χ4n) is 4.61. The van der Waals surface area contributed by atoms with Gasteiger partial charge < -0.3 is 20.1 Å². The summed E-state index contributed by atoms with van der Waals surface area (Å²) in [5.41, 5.74) is 4.98. The molecule has 1 fully saturated rings. The fourth-order valence-corrected chi connectivity index (χ4v) is 4.61. The predicted molar refractivity (Wildman–Crippen MR) is 116 cm³/mol. The van der Waals surface area contributed by atoms with Gasteiger partial charge in [-0.15, -0.1) is 0 Å². The van der Waals surface area contributed by atoms with Gasteiger partial charge in [0.05, 0.1) is 6.61 Å². The van der Waals surface area contributed by atoms with Gasteiger partial charge in [-0.05, 0) is 29.3 Å². The minimum absolute atomic E-state index is 0.193. The number of fused-ring (bicyclic) bond motifs is 1. The second-order valence-electron chi connectivity index (χ2n) is 7.86. The second kappa shape index (κ2) is 7.80. The van der Waals surface area contributed by atoms with E-state index in [1.807, 2.05) is 6.07 Å². The first kappa shape index (κ1) is 18.1. The minimum atomic E-state index is 0.193. The van der Waals surface area contributed by atoms with Gasteiger partial charge in [-0.25, -0.2) is 0 Å².